The number of carbonyl (C=O) groups is 2. The normalized spacial score (nSPS) is 17.1. The lowest BCUT2D eigenvalue weighted by molar-refractivity contribution is -0.119. The monoisotopic (exact) mass is 625 g/mol. The largest absolute Gasteiger partial charge is 0.425 e. The second-order valence-electron chi connectivity index (χ2n) is 13.6. The van der Waals surface area contributed by atoms with E-state index in [2.05, 4.69) is 66.2 Å². The third-order valence-corrected chi connectivity index (χ3v) is 10.4. The zero-order valence-corrected chi connectivity index (χ0v) is 27.9. The zero-order valence-electron chi connectivity index (χ0n) is 26.4. The number of hydrogen-bond donors (Lipinski definition) is 1. The summed E-state index contributed by atoms with van der Waals surface area (Å²) in [5.41, 5.74) is 2.01. The van der Waals surface area contributed by atoms with Crippen LogP contribution in [0.25, 0.3) is 10.1 Å². The third-order valence-electron chi connectivity index (χ3n) is 9.19. The van der Waals surface area contributed by atoms with Crippen LogP contribution in [0.15, 0.2) is 36.4 Å². The summed E-state index contributed by atoms with van der Waals surface area (Å²) in [6, 6.07) is 12.3. The van der Waals surface area contributed by atoms with Gasteiger partial charge in [0.2, 0.25) is 5.91 Å². The minimum absolute atomic E-state index is 0.0875. The number of nitrogens with one attached hydrogen (secondary N) is 1. The Morgan fingerprint density at radius 3 is 2.47 bits per heavy atom. The minimum atomic E-state index is -0.738. The van der Waals surface area contributed by atoms with Crippen molar-refractivity contribution in [3.8, 4) is 0 Å². The van der Waals surface area contributed by atoms with E-state index in [1.54, 1.807) is 16.4 Å². The molecular weight excluding hydrogens is 582 g/mol. The molecule has 2 aliphatic rings. The SMILES string of the molecule is CC(C)C(OC(=O)NC(C)(C)C(C)(C)C)N1C(=O)Cc2cc(CCN3CCN(c4nsc5ccccc45)CC3)c(Cl)cc21. The highest BCUT2D eigenvalue weighted by Crippen LogP contribution is 2.38. The van der Waals surface area contributed by atoms with Gasteiger partial charge >= 0.3 is 6.09 Å². The van der Waals surface area contributed by atoms with E-state index in [-0.39, 0.29) is 23.7 Å². The van der Waals surface area contributed by atoms with Gasteiger partial charge in [0.1, 0.15) is 5.82 Å². The Balaban J connectivity index is 1.22. The summed E-state index contributed by atoms with van der Waals surface area (Å²) in [5, 5.41) is 4.86. The van der Waals surface area contributed by atoms with E-state index in [9.17, 15) is 9.59 Å². The van der Waals surface area contributed by atoms with Crippen LogP contribution in [0.5, 0.6) is 0 Å². The van der Waals surface area contributed by atoms with Gasteiger partial charge in [-0.15, -0.1) is 0 Å². The number of anilines is 2. The molecule has 1 fully saturated rings. The van der Waals surface area contributed by atoms with Gasteiger partial charge in [-0.05, 0) is 66.5 Å². The number of benzene rings is 2. The number of rotatable bonds is 8. The van der Waals surface area contributed by atoms with Crippen LogP contribution < -0.4 is 15.1 Å². The summed E-state index contributed by atoms with van der Waals surface area (Å²) in [7, 11) is 0. The molecule has 1 unspecified atom stereocenters. The minimum Gasteiger partial charge on any atom is -0.425 e. The van der Waals surface area contributed by atoms with Gasteiger partial charge in [-0.1, -0.05) is 64.4 Å². The lowest BCUT2D eigenvalue weighted by atomic mass is 9.76. The summed E-state index contributed by atoms with van der Waals surface area (Å²) in [4.78, 5) is 32.7. The fraction of sp³-hybridized carbons (Fsp3) is 0.545. The maximum atomic E-state index is 13.3. The quantitative estimate of drug-likeness (QED) is 0.299. The number of ether oxygens (including phenoxy) is 1. The second kappa shape index (κ2) is 12.3. The summed E-state index contributed by atoms with van der Waals surface area (Å²) >= 11 is 8.38. The summed E-state index contributed by atoms with van der Waals surface area (Å²) in [5.74, 6) is 0.892. The van der Waals surface area contributed by atoms with Crippen LogP contribution in [0.3, 0.4) is 0 Å². The third kappa shape index (κ3) is 6.64. The molecule has 1 atom stereocenters. The number of hydrogen-bond acceptors (Lipinski definition) is 7. The molecule has 2 aliphatic heterocycles. The zero-order chi connectivity index (χ0) is 31.1. The molecule has 2 amide bonds. The van der Waals surface area contributed by atoms with Crippen molar-refractivity contribution in [3.63, 3.8) is 0 Å². The highest BCUT2D eigenvalue weighted by Gasteiger charge is 2.40. The molecule has 0 spiro atoms. The van der Waals surface area contributed by atoms with Crippen molar-refractivity contribution in [2.75, 3.05) is 42.5 Å². The molecule has 0 radical (unpaired) electrons. The molecule has 8 nitrogen and oxygen atoms in total. The Morgan fingerprint density at radius 1 is 1.09 bits per heavy atom. The lowest BCUT2D eigenvalue weighted by Crippen LogP contribution is -2.55. The van der Waals surface area contributed by atoms with E-state index in [1.807, 2.05) is 33.8 Å². The number of amides is 2. The maximum Gasteiger partial charge on any atom is 0.409 e. The van der Waals surface area contributed by atoms with Crippen molar-refractivity contribution in [3.05, 3.63) is 52.5 Å². The molecule has 1 aromatic heterocycles. The predicted octanol–water partition coefficient (Wildman–Crippen LogP) is 6.74. The van der Waals surface area contributed by atoms with Gasteiger partial charge in [0, 0.05) is 54.6 Å². The number of fused-ring (bicyclic) bond motifs is 2. The van der Waals surface area contributed by atoms with E-state index in [4.69, 9.17) is 20.7 Å². The lowest BCUT2D eigenvalue weighted by Gasteiger charge is -2.40. The first-order valence-electron chi connectivity index (χ1n) is 15.2. The Morgan fingerprint density at radius 2 is 1.79 bits per heavy atom. The van der Waals surface area contributed by atoms with E-state index in [1.165, 1.54) is 10.1 Å². The van der Waals surface area contributed by atoms with Crippen LogP contribution in [0.4, 0.5) is 16.3 Å². The first kappa shape index (κ1) is 31.5. The standard InChI is InChI=1S/C33H44ClN5O3S/c1-21(2)30(42-31(41)35-33(6,7)32(3,4)5)39-26-20-25(34)22(18-23(26)19-28(39)40)12-13-37-14-16-38(17-15-37)29-24-10-8-9-11-27(24)43-36-29/h8-11,18,20-21,30H,12-17,19H2,1-7H3,(H,35,41). The Hall–Kier alpha value is -2.88. The second-order valence-corrected chi connectivity index (χ2v) is 14.8. The van der Waals surface area contributed by atoms with Crippen molar-refractivity contribution in [2.45, 2.75) is 73.1 Å². The molecule has 1 N–H and O–H groups in total. The molecule has 43 heavy (non-hydrogen) atoms. The van der Waals surface area contributed by atoms with Gasteiger partial charge in [-0.3, -0.25) is 14.6 Å². The summed E-state index contributed by atoms with van der Waals surface area (Å²) < 4.78 is 11.9. The van der Waals surface area contributed by atoms with Crippen LogP contribution in [0.1, 0.15) is 59.6 Å². The average molecular weight is 626 g/mol. The number of nitrogens with zero attached hydrogens (tertiary/aromatic N) is 4. The highest BCUT2D eigenvalue weighted by molar-refractivity contribution is 7.13. The predicted molar refractivity (Wildman–Crippen MR) is 176 cm³/mol. The number of aromatic nitrogens is 1. The average Bonchev–Trinajstić information content (AvgIpc) is 3.50. The molecule has 232 valence electrons. The van der Waals surface area contributed by atoms with Crippen molar-refractivity contribution >= 4 is 56.7 Å². The molecule has 5 rings (SSSR count). The fourth-order valence-corrected chi connectivity index (χ4v) is 6.56. The van der Waals surface area contributed by atoms with Crippen LogP contribution in [0.2, 0.25) is 5.02 Å². The molecule has 10 heteroatoms. The molecule has 0 aliphatic carbocycles. The number of piperazine rings is 1. The van der Waals surface area contributed by atoms with E-state index in [0.717, 1.165) is 61.8 Å². The van der Waals surface area contributed by atoms with Crippen molar-refractivity contribution < 1.29 is 14.3 Å². The van der Waals surface area contributed by atoms with Crippen LogP contribution >= 0.6 is 23.1 Å². The van der Waals surface area contributed by atoms with Gasteiger partial charge < -0.3 is 15.0 Å². The van der Waals surface area contributed by atoms with Crippen LogP contribution in [0, 0.1) is 11.3 Å². The van der Waals surface area contributed by atoms with Crippen molar-refractivity contribution in [2.24, 2.45) is 11.3 Å². The van der Waals surface area contributed by atoms with Gasteiger partial charge in [0.05, 0.1) is 16.8 Å². The van der Waals surface area contributed by atoms with Crippen molar-refractivity contribution in [1.82, 2.24) is 14.6 Å². The summed E-state index contributed by atoms with van der Waals surface area (Å²) in [6.45, 7) is 18.7. The first-order valence-corrected chi connectivity index (χ1v) is 16.3. The Labute approximate surface area is 264 Å². The smallest absolute Gasteiger partial charge is 0.409 e. The fourth-order valence-electron chi connectivity index (χ4n) is 5.51. The van der Waals surface area contributed by atoms with E-state index >= 15 is 0 Å². The first-order chi connectivity index (χ1) is 20.2. The number of alkyl carbamates (subject to hydrolysis) is 1. The molecule has 3 aromatic rings. The number of carbonyl (C=O) groups excluding carboxylic acids is 2. The Kier molecular flexibility index (Phi) is 8.99. The summed E-state index contributed by atoms with van der Waals surface area (Å²) in [6.07, 6.45) is -0.210. The molecule has 1 saturated heterocycles. The molecule has 0 bridgehead atoms. The van der Waals surface area contributed by atoms with E-state index in [0.29, 0.717) is 5.02 Å². The highest BCUT2D eigenvalue weighted by atomic mass is 35.5. The van der Waals surface area contributed by atoms with Gasteiger partial charge in [-0.25, -0.2) is 4.79 Å². The van der Waals surface area contributed by atoms with Crippen LogP contribution in [-0.2, 0) is 22.4 Å². The maximum absolute atomic E-state index is 13.3. The molecule has 3 heterocycles. The van der Waals surface area contributed by atoms with Gasteiger partial charge in [0.15, 0.2) is 6.23 Å². The molecular formula is C33H44ClN5O3S. The van der Waals surface area contributed by atoms with Crippen molar-refractivity contribution in [1.29, 1.82) is 0 Å². The van der Waals surface area contributed by atoms with Crippen LogP contribution in [-0.4, -0.2) is 65.8 Å². The van der Waals surface area contributed by atoms with Gasteiger partial charge in [-0.2, -0.15) is 4.37 Å². The van der Waals surface area contributed by atoms with Gasteiger partial charge in [0.25, 0.3) is 0 Å². The Bertz CT molecular complexity index is 1490. The molecule has 0 saturated carbocycles. The number of halogens is 1. The topological polar surface area (TPSA) is 78.0 Å². The van der Waals surface area contributed by atoms with E-state index < -0.39 is 17.9 Å². The molecule has 2 aromatic carbocycles.